The summed E-state index contributed by atoms with van der Waals surface area (Å²) in [6.45, 7) is 7.81. The van der Waals surface area contributed by atoms with E-state index in [2.05, 4.69) is 6.58 Å². The van der Waals surface area contributed by atoms with Crippen molar-refractivity contribution in [1.82, 2.24) is 0 Å². The Kier molecular flexibility index (Phi) is 2.98. The lowest BCUT2D eigenvalue weighted by atomic mass is 9.83. The summed E-state index contributed by atoms with van der Waals surface area (Å²) < 4.78 is -0.950. The van der Waals surface area contributed by atoms with Crippen molar-refractivity contribution in [3.63, 3.8) is 0 Å². The first-order chi connectivity index (χ1) is 5.87. The van der Waals surface area contributed by atoms with Gasteiger partial charge in [0.15, 0.2) is 4.33 Å². The minimum absolute atomic E-state index is 0.0829. The monoisotopic (exact) mass is 219 g/mol. The molecule has 1 atom stereocenters. The maximum atomic E-state index is 6.20. The fourth-order valence-electron chi connectivity index (χ4n) is 1.70. The van der Waals surface area contributed by atoms with Crippen molar-refractivity contribution >= 4 is 23.2 Å². The minimum atomic E-state index is -0.950. The third kappa shape index (κ3) is 1.87. The van der Waals surface area contributed by atoms with Gasteiger partial charge < -0.3 is 5.73 Å². The van der Waals surface area contributed by atoms with Gasteiger partial charge in [0.2, 0.25) is 0 Å². The first-order valence-electron chi connectivity index (χ1n) is 4.36. The molecule has 0 aromatic heterocycles. The molecule has 3 heteroatoms. The van der Waals surface area contributed by atoms with Crippen LogP contribution >= 0.6 is 23.2 Å². The molecule has 74 valence electrons. The molecule has 1 aliphatic rings. The predicted octanol–water partition coefficient (Wildman–Crippen LogP) is 3.38. The molecule has 0 aromatic carbocycles. The van der Waals surface area contributed by atoms with Gasteiger partial charge in [0.1, 0.15) is 0 Å². The molecule has 1 nitrogen and oxygen atoms in total. The average Bonchev–Trinajstić information content (AvgIpc) is 1.99. The number of rotatable bonds is 1. The maximum absolute atomic E-state index is 6.20. The fraction of sp³-hybridized carbons (Fsp3) is 0.600. The Morgan fingerprint density at radius 3 is 2.62 bits per heavy atom. The van der Waals surface area contributed by atoms with E-state index >= 15 is 0 Å². The molecule has 0 aliphatic heterocycles. The molecule has 0 fully saturated rings. The SMILES string of the molecule is C=C(C)[C@@H]1CCC(C)=C(N)C1(Cl)Cl. The number of hydrogen-bond donors (Lipinski definition) is 1. The van der Waals surface area contributed by atoms with E-state index < -0.39 is 4.33 Å². The Bertz CT molecular complexity index is 266. The van der Waals surface area contributed by atoms with Gasteiger partial charge in [-0.15, -0.1) is 0 Å². The van der Waals surface area contributed by atoms with Gasteiger partial charge in [-0.25, -0.2) is 0 Å². The summed E-state index contributed by atoms with van der Waals surface area (Å²) in [6.07, 6.45) is 1.90. The van der Waals surface area contributed by atoms with Crippen LogP contribution in [0, 0.1) is 5.92 Å². The van der Waals surface area contributed by atoms with Gasteiger partial charge in [-0.3, -0.25) is 0 Å². The Balaban J connectivity index is 3.05. The van der Waals surface area contributed by atoms with Crippen LogP contribution in [0.1, 0.15) is 26.7 Å². The van der Waals surface area contributed by atoms with Crippen LogP contribution in [-0.4, -0.2) is 4.33 Å². The number of hydrogen-bond acceptors (Lipinski definition) is 1. The third-order valence-corrected chi connectivity index (χ3v) is 3.59. The van der Waals surface area contributed by atoms with Crippen LogP contribution in [0.15, 0.2) is 23.4 Å². The molecule has 1 aliphatic carbocycles. The van der Waals surface area contributed by atoms with E-state index in [1.165, 1.54) is 0 Å². The van der Waals surface area contributed by atoms with Gasteiger partial charge in [-0.1, -0.05) is 40.9 Å². The third-order valence-electron chi connectivity index (χ3n) is 2.66. The molecule has 0 aromatic rings. The molecule has 0 heterocycles. The Labute approximate surface area is 89.6 Å². The molecule has 0 unspecified atom stereocenters. The molecule has 13 heavy (non-hydrogen) atoms. The lowest BCUT2D eigenvalue weighted by molar-refractivity contribution is 0.493. The molecular formula is C10H15Cl2N. The summed E-state index contributed by atoms with van der Waals surface area (Å²) in [5.74, 6) is 0.0829. The smallest absolute Gasteiger partial charge is 0.163 e. The second-order valence-electron chi connectivity index (χ2n) is 3.75. The van der Waals surface area contributed by atoms with Crippen molar-refractivity contribution in [1.29, 1.82) is 0 Å². The van der Waals surface area contributed by atoms with Crippen LogP contribution in [0.2, 0.25) is 0 Å². The highest BCUT2D eigenvalue weighted by molar-refractivity contribution is 6.50. The number of nitrogens with two attached hydrogens (primary N) is 1. The summed E-state index contributed by atoms with van der Waals surface area (Å²) in [7, 11) is 0. The molecule has 0 radical (unpaired) electrons. The lowest BCUT2D eigenvalue weighted by Gasteiger charge is -2.36. The Morgan fingerprint density at radius 1 is 1.62 bits per heavy atom. The van der Waals surface area contributed by atoms with Gasteiger partial charge >= 0.3 is 0 Å². The van der Waals surface area contributed by atoms with E-state index in [4.69, 9.17) is 28.9 Å². The van der Waals surface area contributed by atoms with Crippen LogP contribution in [-0.2, 0) is 0 Å². The van der Waals surface area contributed by atoms with Gasteiger partial charge in [0.25, 0.3) is 0 Å². The first kappa shape index (κ1) is 10.9. The first-order valence-corrected chi connectivity index (χ1v) is 5.12. The van der Waals surface area contributed by atoms with E-state index in [0.717, 1.165) is 24.0 Å². The highest BCUT2D eigenvalue weighted by Gasteiger charge is 2.41. The van der Waals surface area contributed by atoms with E-state index in [9.17, 15) is 0 Å². The van der Waals surface area contributed by atoms with Gasteiger partial charge in [0.05, 0.1) is 0 Å². The standard InChI is InChI=1S/C10H15Cl2N/c1-6(2)8-5-4-7(3)9(13)10(8,11)12/h8H,1,4-5,13H2,2-3H3/t8-/m0/s1. The van der Waals surface area contributed by atoms with Gasteiger partial charge in [0, 0.05) is 11.6 Å². The molecular weight excluding hydrogens is 205 g/mol. The minimum Gasteiger partial charge on any atom is -0.400 e. The highest BCUT2D eigenvalue weighted by Crippen LogP contribution is 2.46. The van der Waals surface area contributed by atoms with Crippen molar-refractivity contribution in [3.8, 4) is 0 Å². The van der Waals surface area contributed by atoms with Crippen LogP contribution in [0.4, 0.5) is 0 Å². The molecule has 0 saturated heterocycles. The van der Waals surface area contributed by atoms with Crippen molar-refractivity contribution in [2.75, 3.05) is 0 Å². The zero-order valence-electron chi connectivity index (χ0n) is 8.03. The summed E-state index contributed by atoms with van der Waals surface area (Å²) in [5.41, 5.74) is 8.57. The number of alkyl halides is 2. The lowest BCUT2D eigenvalue weighted by Crippen LogP contribution is -2.36. The highest BCUT2D eigenvalue weighted by atomic mass is 35.5. The van der Waals surface area contributed by atoms with Crippen LogP contribution in [0.5, 0.6) is 0 Å². The zero-order chi connectivity index (χ0) is 10.2. The number of allylic oxidation sites excluding steroid dienone is 3. The van der Waals surface area contributed by atoms with Gasteiger partial charge in [-0.05, 0) is 26.7 Å². The molecule has 0 saturated carbocycles. The fourth-order valence-corrected chi connectivity index (χ4v) is 2.62. The van der Waals surface area contributed by atoms with Crippen molar-refractivity contribution < 1.29 is 0 Å². The second-order valence-corrected chi connectivity index (χ2v) is 5.14. The van der Waals surface area contributed by atoms with E-state index in [1.807, 2.05) is 13.8 Å². The largest absolute Gasteiger partial charge is 0.400 e. The molecule has 0 amide bonds. The van der Waals surface area contributed by atoms with Crippen molar-refractivity contribution in [3.05, 3.63) is 23.4 Å². The number of halogens is 2. The van der Waals surface area contributed by atoms with E-state index in [0.29, 0.717) is 5.70 Å². The average molecular weight is 220 g/mol. The van der Waals surface area contributed by atoms with Crippen molar-refractivity contribution in [2.45, 2.75) is 31.0 Å². The normalized spacial score (nSPS) is 27.5. The Hall–Kier alpha value is -0.140. The quantitative estimate of drug-likeness (QED) is 0.532. The predicted molar refractivity (Wildman–Crippen MR) is 58.9 cm³/mol. The van der Waals surface area contributed by atoms with E-state index in [-0.39, 0.29) is 5.92 Å². The molecule has 0 spiro atoms. The van der Waals surface area contributed by atoms with Crippen LogP contribution < -0.4 is 5.73 Å². The summed E-state index contributed by atoms with van der Waals surface area (Å²) >= 11 is 12.4. The van der Waals surface area contributed by atoms with Crippen LogP contribution in [0.3, 0.4) is 0 Å². The molecule has 0 bridgehead atoms. The summed E-state index contributed by atoms with van der Waals surface area (Å²) in [6, 6.07) is 0. The Morgan fingerprint density at radius 2 is 2.15 bits per heavy atom. The van der Waals surface area contributed by atoms with Crippen LogP contribution in [0.25, 0.3) is 0 Å². The molecule has 1 rings (SSSR count). The summed E-state index contributed by atoms with van der Waals surface area (Å²) in [5, 5.41) is 0. The maximum Gasteiger partial charge on any atom is 0.163 e. The topological polar surface area (TPSA) is 26.0 Å². The van der Waals surface area contributed by atoms with Crippen molar-refractivity contribution in [2.24, 2.45) is 11.7 Å². The second kappa shape index (κ2) is 3.55. The zero-order valence-corrected chi connectivity index (χ0v) is 9.54. The summed E-state index contributed by atoms with van der Waals surface area (Å²) in [4.78, 5) is 0. The molecule has 2 N–H and O–H groups in total. The van der Waals surface area contributed by atoms with Gasteiger partial charge in [-0.2, -0.15) is 0 Å². The van der Waals surface area contributed by atoms with E-state index in [1.54, 1.807) is 0 Å².